The van der Waals surface area contributed by atoms with Crippen molar-refractivity contribution in [1.82, 2.24) is 21.7 Å². The number of benzene rings is 3. The van der Waals surface area contributed by atoms with Gasteiger partial charge >= 0.3 is 12.2 Å². The quantitative estimate of drug-likeness (QED) is 0.0272. The van der Waals surface area contributed by atoms with Gasteiger partial charge in [0.15, 0.2) is 0 Å². The average molecular weight is 1020 g/mol. The lowest BCUT2D eigenvalue weighted by Gasteiger charge is -2.20. The minimum atomic E-state index is -0.860. The number of hydrogen-bond donors (Lipinski definition) is 6. The Morgan fingerprint density at radius 1 is 0.397 bits per heavy atom. The molecule has 0 bridgehead atoms. The van der Waals surface area contributed by atoms with E-state index in [1.807, 2.05) is 0 Å². The molecule has 0 aromatic heterocycles. The number of ether oxygens (including phenoxy) is 5. The van der Waals surface area contributed by atoms with Gasteiger partial charge in [-0.25, -0.2) is 20.4 Å². The largest absolute Gasteiger partial charge is 0.494 e. The van der Waals surface area contributed by atoms with Crippen LogP contribution in [0, 0.1) is 0 Å². The van der Waals surface area contributed by atoms with E-state index < -0.39 is 47.0 Å². The van der Waals surface area contributed by atoms with Gasteiger partial charge in [-0.2, -0.15) is 0 Å². The van der Waals surface area contributed by atoms with Crippen molar-refractivity contribution < 1.29 is 52.5 Å². The van der Waals surface area contributed by atoms with Crippen LogP contribution in [0.25, 0.3) is 0 Å². The number of rotatable bonds is 30. The molecule has 17 nitrogen and oxygen atoms in total. The van der Waals surface area contributed by atoms with E-state index in [0.717, 1.165) is 103 Å². The zero-order valence-corrected chi connectivity index (χ0v) is 45.0. The maximum absolute atomic E-state index is 14.1. The van der Waals surface area contributed by atoms with E-state index in [2.05, 4.69) is 53.1 Å². The van der Waals surface area contributed by atoms with E-state index in [9.17, 15) is 28.8 Å². The molecule has 17 heteroatoms. The van der Waals surface area contributed by atoms with Gasteiger partial charge in [-0.05, 0) is 115 Å². The summed E-state index contributed by atoms with van der Waals surface area (Å²) in [5, 5.41) is 5.66. The third-order valence-corrected chi connectivity index (χ3v) is 11.0. The highest BCUT2D eigenvalue weighted by molar-refractivity contribution is 6.10. The van der Waals surface area contributed by atoms with Gasteiger partial charge in [0.05, 0.1) is 30.9 Å². The van der Waals surface area contributed by atoms with Crippen LogP contribution in [-0.4, -0.2) is 66.8 Å². The van der Waals surface area contributed by atoms with Crippen LogP contribution < -0.4 is 46.5 Å². The normalized spacial score (nSPS) is 11.2. The third-order valence-electron chi connectivity index (χ3n) is 11.0. The van der Waals surface area contributed by atoms with Crippen LogP contribution in [-0.2, 0) is 9.47 Å². The Morgan fingerprint density at radius 2 is 0.740 bits per heavy atom. The summed E-state index contributed by atoms with van der Waals surface area (Å²) >= 11 is 0. The topological polar surface area (TPSA) is 221 Å². The molecular formula is C56H84N6O11. The van der Waals surface area contributed by atoms with Crippen LogP contribution in [0.15, 0.2) is 54.6 Å². The van der Waals surface area contributed by atoms with E-state index in [4.69, 9.17) is 23.7 Å². The third kappa shape index (κ3) is 25.1. The highest BCUT2D eigenvalue weighted by atomic mass is 16.6. The zero-order chi connectivity index (χ0) is 53.7. The molecule has 3 aromatic carbocycles. The van der Waals surface area contributed by atoms with Crippen LogP contribution in [0.5, 0.6) is 17.2 Å². The summed E-state index contributed by atoms with van der Waals surface area (Å²) in [7, 11) is 0. The van der Waals surface area contributed by atoms with Gasteiger partial charge in [-0.3, -0.25) is 30.0 Å². The van der Waals surface area contributed by atoms with Gasteiger partial charge in [0, 0.05) is 22.5 Å². The van der Waals surface area contributed by atoms with E-state index in [1.54, 1.807) is 65.8 Å². The number of unbranched alkanes of at least 4 members (excludes halogenated alkanes) is 15. The molecular weight excluding hydrogens is 933 g/mol. The van der Waals surface area contributed by atoms with Gasteiger partial charge in [0.25, 0.3) is 23.6 Å². The minimum Gasteiger partial charge on any atom is -0.494 e. The summed E-state index contributed by atoms with van der Waals surface area (Å²) in [6, 6.07) is 13.7. The Labute approximate surface area is 433 Å². The molecule has 0 aliphatic rings. The monoisotopic (exact) mass is 1020 g/mol. The van der Waals surface area contributed by atoms with Gasteiger partial charge < -0.3 is 34.3 Å². The minimum absolute atomic E-state index is 0.0448. The standard InChI is InChI=1S/C56H84N6O11/c1-10-13-16-19-22-25-32-69-44-36-40(49(63)57-42-28-30-47(70-33-26-23-20-17-14-11-2)45(38-42)51(65)59-61-53(67)72-55(4,5)6)35-41(37-44)50(64)58-43-29-31-48(71-34-27-24-21-18-15-12-3)46(39-43)52(66)60-62-54(68)73-56(7,8)9/h28-31,35-39H,10-27,32-34H2,1-9H3,(H,57,63)(H,58,64)(H,59,65)(H,60,66)(H,61,67)(H,62,68). The fourth-order valence-electron chi connectivity index (χ4n) is 7.33. The number of hydrazine groups is 2. The second-order valence-corrected chi connectivity index (χ2v) is 20.1. The first-order valence-corrected chi connectivity index (χ1v) is 26.3. The predicted molar refractivity (Wildman–Crippen MR) is 286 cm³/mol. The molecule has 6 amide bonds. The van der Waals surface area contributed by atoms with Gasteiger partial charge in [-0.15, -0.1) is 0 Å². The summed E-state index contributed by atoms with van der Waals surface area (Å²) in [6.07, 6.45) is 17.0. The van der Waals surface area contributed by atoms with Crippen LogP contribution in [0.4, 0.5) is 21.0 Å². The summed E-state index contributed by atoms with van der Waals surface area (Å²) in [5.41, 5.74) is 8.36. The molecule has 6 N–H and O–H groups in total. The summed E-state index contributed by atoms with van der Waals surface area (Å²) in [4.78, 5) is 80.2. The fourth-order valence-corrected chi connectivity index (χ4v) is 7.33. The second-order valence-electron chi connectivity index (χ2n) is 20.1. The Kier molecular flexibility index (Phi) is 27.1. The molecule has 0 unspecified atom stereocenters. The lowest BCUT2D eigenvalue weighted by molar-refractivity contribution is 0.0476. The number of anilines is 2. The number of hydrogen-bond acceptors (Lipinski definition) is 11. The van der Waals surface area contributed by atoms with E-state index >= 15 is 0 Å². The Bertz CT molecular complexity index is 2080. The van der Waals surface area contributed by atoms with Gasteiger partial charge in [0.1, 0.15) is 28.5 Å². The van der Waals surface area contributed by atoms with Crippen molar-refractivity contribution in [2.45, 2.75) is 189 Å². The number of carbonyl (C=O) groups is 6. The molecule has 0 atom stereocenters. The zero-order valence-electron chi connectivity index (χ0n) is 45.0. The molecule has 0 saturated carbocycles. The predicted octanol–water partition coefficient (Wildman–Crippen LogP) is 12.7. The highest BCUT2D eigenvalue weighted by Gasteiger charge is 2.23. The van der Waals surface area contributed by atoms with Crippen molar-refractivity contribution in [2.75, 3.05) is 30.5 Å². The Hall–Kier alpha value is -6.52. The highest BCUT2D eigenvalue weighted by Crippen LogP contribution is 2.28. The van der Waals surface area contributed by atoms with Gasteiger partial charge in [-0.1, -0.05) is 117 Å². The molecule has 0 fully saturated rings. The van der Waals surface area contributed by atoms with Crippen LogP contribution in [0.2, 0.25) is 0 Å². The van der Waals surface area contributed by atoms with Crippen molar-refractivity contribution in [3.05, 3.63) is 76.9 Å². The molecule has 3 rings (SSSR count). The average Bonchev–Trinajstić information content (AvgIpc) is 3.33. The first-order valence-electron chi connectivity index (χ1n) is 26.3. The molecule has 0 heterocycles. The first-order chi connectivity index (χ1) is 34.8. The Morgan fingerprint density at radius 3 is 1.10 bits per heavy atom. The molecule has 0 aliphatic carbocycles. The summed E-state index contributed by atoms with van der Waals surface area (Å²) in [6.45, 7) is 17.7. The van der Waals surface area contributed by atoms with Crippen LogP contribution >= 0.6 is 0 Å². The molecule has 0 saturated heterocycles. The molecule has 3 aromatic rings. The van der Waals surface area contributed by atoms with Gasteiger partial charge in [0.2, 0.25) is 0 Å². The smallest absolute Gasteiger partial charge is 0.426 e. The van der Waals surface area contributed by atoms with Crippen LogP contribution in [0.3, 0.4) is 0 Å². The maximum Gasteiger partial charge on any atom is 0.426 e. The summed E-state index contributed by atoms with van der Waals surface area (Å²) < 4.78 is 28.8. The Balaban J connectivity index is 1.93. The van der Waals surface area contributed by atoms with Crippen LogP contribution in [0.1, 0.15) is 219 Å². The lowest BCUT2D eigenvalue weighted by atomic mass is 10.1. The van der Waals surface area contributed by atoms with Crippen molar-refractivity contribution in [3.63, 3.8) is 0 Å². The van der Waals surface area contributed by atoms with E-state index in [0.29, 0.717) is 19.8 Å². The number of carbonyl (C=O) groups excluding carboxylic acids is 6. The van der Waals surface area contributed by atoms with E-state index in [1.165, 1.54) is 43.2 Å². The molecule has 73 heavy (non-hydrogen) atoms. The molecule has 404 valence electrons. The number of amides is 6. The molecule has 0 radical (unpaired) electrons. The lowest BCUT2D eigenvalue weighted by Crippen LogP contribution is -2.44. The second kappa shape index (κ2) is 32.5. The van der Waals surface area contributed by atoms with Crippen molar-refractivity contribution in [3.8, 4) is 17.2 Å². The van der Waals surface area contributed by atoms with Crippen molar-refractivity contribution >= 4 is 47.2 Å². The van der Waals surface area contributed by atoms with Crippen molar-refractivity contribution in [2.24, 2.45) is 0 Å². The van der Waals surface area contributed by atoms with Crippen molar-refractivity contribution in [1.29, 1.82) is 0 Å². The summed E-state index contributed by atoms with van der Waals surface area (Å²) in [5.74, 6) is -1.86. The maximum atomic E-state index is 14.1. The SMILES string of the molecule is CCCCCCCCOc1cc(C(=O)Nc2ccc(OCCCCCCCC)c(C(=O)NNC(=O)OC(C)(C)C)c2)cc(C(=O)Nc2ccc(OCCCCCCCC)c(C(=O)NNC(=O)OC(C)(C)C)c2)c1. The van der Waals surface area contributed by atoms with E-state index in [-0.39, 0.29) is 50.9 Å². The fraction of sp³-hybridized carbons (Fsp3) is 0.571. The molecule has 0 spiro atoms. The molecule has 0 aliphatic heterocycles. The number of nitrogens with one attached hydrogen (secondary N) is 6. The first kappa shape index (κ1) is 60.8.